The number of hydrogen-bond donors (Lipinski definition) is 3. The standard InChI is InChI=1S/C11H14BrNO3/c1-7(15)13-10-3-2-8(12)6-9(10)11(16)4-5-14/h2-3,6,11,14,16H,4-5H2,1H3,(H,13,15). The maximum Gasteiger partial charge on any atom is 0.221 e. The van der Waals surface area contributed by atoms with Crippen molar-refractivity contribution in [1.82, 2.24) is 0 Å². The Bertz CT molecular complexity index is 381. The predicted octanol–water partition coefficient (Wildman–Crippen LogP) is 1.82. The first kappa shape index (κ1) is 13.2. The third kappa shape index (κ3) is 3.59. The number of hydrogen-bond acceptors (Lipinski definition) is 3. The molecule has 16 heavy (non-hydrogen) atoms. The molecule has 0 aromatic heterocycles. The van der Waals surface area contributed by atoms with Gasteiger partial charge < -0.3 is 15.5 Å². The van der Waals surface area contributed by atoms with E-state index in [1.807, 2.05) is 0 Å². The maximum absolute atomic E-state index is 11.0. The van der Waals surface area contributed by atoms with Crippen molar-refractivity contribution in [2.24, 2.45) is 0 Å². The first-order chi connectivity index (χ1) is 7.54. The molecule has 4 nitrogen and oxygen atoms in total. The van der Waals surface area contributed by atoms with Crippen LogP contribution in [0.25, 0.3) is 0 Å². The summed E-state index contributed by atoms with van der Waals surface area (Å²) in [4.78, 5) is 11.0. The first-order valence-electron chi connectivity index (χ1n) is 4.90. The zero-order valence-electron chi connectivity index (χ0n) is 8.90. The highest BCUT2D eigenvalue weighted by Crippen LogP contribution is 2.28. The monoisotopic (exact) mass is 287 g/mol. The lowest BCUT2D eigenvalue weighted by atomic mass is 10.0. The second-order valence-corrected chi connectivity index (χ2v) is 4.36. The number of aliphatic hydroxyl groups excluding tert-OH is 2. The van der Waals surface area contributed by atoms with Crippen molar-refractivity contribution < 1.29 is 15.0 Å². The summed E-state index contributed by atoms with van der Waals surface area (Å²) in [6.45, 7) is 1.30. The van der Waals surface area contributed by atoms with Gasteiger partial charge in [0.25, 0.3) is 0 Å². The van der Waals surface area contributed by atoms with Gasteiger partial charge in [0.15, 0.2) is 0 Å². The number of benzene rings is 1. The van der Waals surface area contributed by atoms with Crippen LogP contribution in [-0.4, -0.2) is 22.7 Å². The third-order valence-corrected chi connectivity index (χ3v) is 2.58. The summed E-state index contributed by atoms with van der Waals surface area (Å²) >= 11 is 3.30. The average Bonchev–Trinajstić information content (AvgIpc) is 2.20. The zero-order valence-corrected chi connectivity index (χ0v) is 10.5. The van der Waals surface area contributed by atoms with E-state index in [0.717, 1.165) is 4.47 Å². The first-order valence-corrected chi connectivity index (χ1v) is 5.70. The molecule has 0 fully saturated rings. The molecular formula is C11H14BrNO3. The van der Waals surface area contributed by atoms with Crippen LogP contribution in [0.4, 0.5) is 5.69 Å². The molecule has 3 N–H and O–H groups in total. The van der Waals surface area contributed by atoms with Gasteiger partial charge >= 0.3 is 0 Å². The summed E-state index contributed by atoms with van der Waals surface area (Å²) < 4.78 is 0.814. The fraction of sp³-hybridized carbons (Fsp3) is 0.364. The van der Waals surface area contributed by atoms with Crippen molar-refractivity contribution in [3.8, 4) is 0 Å². The lowest BCUT2D eigenvalue weighted by Crippen LogP contribution is -2.11. The molecule has 88 valence electrons. The molecule has 0 aliphatic heterocycles. The molecule has 0 bridgehead atoms. The van der Waals surface area contributed by atoms with Crippen LogP contribution in [0.2, 0.25) is 0 Å². The molecule has 1 atom stereocenters. The summed E-state index contributed by atoms with van der Waals surface area (Å²) in [5.41, 5.74) is 1.16. The van der Waals surface area contributed by atoms with E-state index in [0.29, 0.717) is 11.3 Å². The highest BCUT2D eigenvalue weighted by Gasteiger charge is 2.13. The van der Waals surface area contributed by atoms with Gasteiger partial charge in [-0.1, -0.05) is 15.9 Å². The summed E-state index contributed by atoms with van der Waals surface area (Å²) in [5.74, 6) is -0.195. The molecule has 0 spiro atoms. The van der Waals surface area contributed by atoms with E-state index in [2.05, 4.69) is 21.2 Å². The van der Waals surface area contributed by atoms with Gasteiger partial charge in [-0.15, -0.1) is 0 Å². The van der Waals surface area contributed by atoms with Crippen molar-refractivity contribution in [1.29, 1.82) is 0 Å². The highest BCUT2D eigenvalue weighted by molar-refractivity contribution is 9.10. The molecule has 0 radical (unpaired) electrons. The summed E-state index contributed by atoms with van der Waals surface area (Å²) in [6.07, 6.45) is -0.549. The molecule has 1 unspecified atom stereocenters. The number of aliphatic hydroxyl groups is 2. The zero-order chi connectivity index (χ0) is 12.1. The number of nitrogens with one attached hydrogen (secondary N) is 1. The summed E-state index contributed by atoms with van der Waals surface area (Å²) in [5, 5.41) is 21.2. The topological polar surface area (TPSA) is 69.6 Å². The van der Waals surface area contributed by atoms with Crippen LogP contribution < -0.4 is 5.32 Å². The molecule has 1 aromatic rings. The summed E-state index contributed by atoms with van der Waals surface area (Å²) in [6, 6.07) is 5.22. The number of halogens is 1. The molecule has 1 rings (SSSR count). The quantitative estimate of drug-likeness (QED) is 0.791. The van der Waals surface area contributed by atoms with Crippen molar-refractivity contribution >= 4 is 27.5 Å². The Hall–Kier alpha value is -0.910. The Labute approximate surface area is 102 Å². The van der Waals surface area contributed by atoms with Crippen molar-refractivity contribution in [3.63, 3.8) is 0 Å². The van der Waals surface area contributed by atoms with E-state index in [1.54, 1.807) is 18.2 Å². The van der Waals surface area contributed by atoms with Crippen LogP contribution in [0, 0.1) is 0 Å². The van der Waals surface area contributed by atoms with E-state index in [4.69, 9.17) is 5.11 Å². The Balaban J connectivity index is 3.02. The molecule has 5 heteroatoms. The maximum atomic E-state index is 11.0. The number of rotatable bonds is 4. The molecular weight excluding hydrogens is 274 g/mol. The molecule has 0 aliphatic rings. The molecule has 1 aromatic carbocycles. The van der Waals surface area contributed by atoms with E-state index in [9.17, 15) is 9.90 Å². The van der Waals surface area contributed by atoms with Gasteiger partial charge in [-0.25, -0.2) is 0 Å². The van der Waals surface area contributed by atoms with Crippen LogP contribution in [0.5, 0.6) is 0 Å². The van der Waals surface area contributed by atoms with E-state index in [1.165, 1.54) is 6.92 Å². The van der Waals surface area contributed by atoms with Crippen molar-refractivity contribution in [2.75, 3.05) is 11.9 Å². The summed E-state index contributed by atoms with van der Waals surface area (Å²) in [7, 11) is 0. The normalized spacial score (nSPS) is 12.2. The molecule has 0 aliphatic carbocycles. The lowest BCUT2D eigenvalue weighted by Gasteiger charge is -2.15. The number of anilines is 1. The Morgan fingerprint density at radius 1 is 1.56 bits per heavy atom. The smallest absolute Gasteiger partial charge is 0.221 e. The highest BCUT2D eigenvalue weighted by atomic mass is 79.9. The van der Waals surface area contributed by atoms with Gasteiger partial charge in [0.1, 0.15) is 0 Å². The van der Waals surface area contributed by atoms with Gasteiger partial charge in [-0.3, -0.25) is 4.79 Å². The molecule has 1 amide bonds. The fourth-order valence-corrected chi connectivity index (χ4v) is 1.77. The second-order valence-electron chi connectivity index (χ2n) is 3.44. The minimum absolute atomic E-state index is 0.104. The lowest BCUT2D eigenvalue weighted by molar-refractivity contribution is -0.114. The largest absolute Gasteiger partial charge is 0.396 e. The Morgan fingerprint density at radius 2 is 2.25 bits per heavy atom. The number of amides is 1. The Kier molecular flexibility index (Phi) is 4.92. The van der Waals surface area contributed by atoms with Gasteiger partial charge in [0, 0.05) is 35.7 Å². The number of carbonyl (C=O) groups excluding carboxylic acids is 1. The predicted molar refractivity (Wildman–Crippen MR) is 65.1 cm³/mol. The van der Waals surface area contributed by atoms with Gasteiger partial charge in [0.05, 0.1) is 6.10 Å². The van der Waals surface area contributed by atoms with Crippen LogP contribution in [0.1, 0.15) is 25.0 Å². The Morgan fingerprint density at radius 3 is 2.81 bits per heavy atom. The third-order valence-electron chi connectivity index (χ3n) is 2.09. The molecule has 0 heterocycles. The van der Waals surface area contributed by atoms with Crippen LogP contribution in [0.3, 0.4) is 0 Å². The fourth-order valence-electron chi connectivity index (χ4n) is 1.39. The van der Waals surface area contributed by atoms with E-state index >= 15 is 0 Å². The van der Waals surface area contributed by atoms with Crippen LogP contribution in [0.15, 0.2) is 22.7 Å². The van der Waals surface area contributed by atoms with Crippen molar-refractivity contribution in [2.45, 2.75) is 19.4 Å². The van der Waals surface area contributed by atoms with Gasteiger partial charge in [0.2, 0.25) is 5.91 Å². The second kappa shape index (κ2) is 5.98. The van der Waals surface area contributed by atoms with Gasteiger partial charge in [-0.05, 0) is 18.2 Å². The SMILES string of the molecule is CC(=O)Nc1ccc(Br)cc1C(O)CCO. The minimum Gasteiger partial charge on any atom is -0.396 e. The van der Waals surface area contributed by atoms with Crippen LogP contribution in [-0.2, 0) is 4.79 Å². The average molecular weight is 288 g/mol. The van der Waals surface area contributed by atoms with Crippen molar-refractivity contribution in [3.05, 3.63) is 28.2 Å². The minimum atomic E-state index is -0.788. The van der Waals surface area contributed by atoms with Crippen LogP contribution >= 0.6 is 15.9 Å². The molecule has 0 saturated carbocycles. The number of carbonyl (C=O) groups is 1. The van der Waals surface area contributed by atoms with Gasteiger partial charge in [-0.2, -0.15) is 0 Å². The van der Waals surface area contributed by atoms with E-state index < -0.39 is 6.10 Å². The molecule has 0 saturated heterocycles. The van der Waals surface area contributed by atoms with E-state index in [-0.39, 0.29) is 18.9 Å².